The van der Waals surface area contributed by atoms with Crippen LogP contribution in [0.1, 0.15) is 11.1 Å². The molecule has 3 heterocycles. The lowest BCUT2D eigenvalue weighted by Crippen LogP contribution is -2.46. The fourth-order valence-electron chi connectivity index (χ4n) is 4.19. The number of aromatic nitrogens is 1. The summed E-state index contributed by atoms with van der Waals surface area (Å²) >= 11 is 0. The maximum atomic E-state index is 13.1. The van der Waals surface area contributed by atoms with Gasteiger partial charge in [-0.2, -0.15) is 0 Å². The summed E-state index contributed by atoms with van der Waals surface area (Å²) in [6.07, 6.45) is 0. The van der Waals surface area contributed by atoms with Crippen LogP contribution in [0.2, 0.25) is 0 Å². The molecule has 2 aromatic carbocycles. The van der Waals surface area contributed by atoms with E-state index in [0.717, 1.165) is 24.0 Å². The number of morpholine rings is 1. The third-order valence-corrected chi connectivity index (χ3v) is 6.14. The highest BCUT2D eigenvalue weighted by Gasteiger charge is 2.20. The van der Waals surface area contributed by atoms with Crippen molar-refractivity contribution in [2.24, 2.45) is 0 Å². The Hall–Kier alpha value is -3.56. The van der Waals surface area contributed by atoms with E-state index >= 15 is 0 Å². The minimum Gasteiger partial charge on any atom is -0.454 e. The van der Waals surface area contributed by atoms with E-state index in [2.05, 4.69) is 15.2 Å². The molecule has 2 N–H and O–H groups in total. The van der Waals surface area contributed by atoms with E-state index in [1.165, 1.54) is 0 Å². The lowest BCUT2D eigenvalue weighted by atomic mass is 10.1. The Morgan fingerprint density at radius 3 is 2.62 bits per heavy atom. The van der Waals surface area contributed by atoms with Crippen LogP contribution < -0.4 is 20.3 Å². The summed E-state index contributed by atoms with van der Waals surface area (Å²) in [4.78, 5) is 32.9. The number of pyridine rings is 1. The summed E-state index contributed by atoms with van der Waals surface area (Å²) in [5, 5.41) is 3.82. The molecule has 2 aliphatic heterocycles. The summed E-state index contributed by atoms with van der Waals surface area (Å²) in [5.74, 6) is 1.26. The van der Waals surface area contributed by atoms with Crippen molar-refractivity contribution >= 4 is 16.9 Å². The van der Waals surface area contributed by atoms with Gasteiger partial charge in [0.25, 0.3) is 5.56 Å². The average molecular weight is 465 g/mol. The molecule has 0 unspecified atom stereocenters. The van der Waals surface area contributed by atoms with E-state index in [9.17, 15) is 9.59 Å². The molecule has 2 amide bonds. The monoisotopic (exact) mass is 464 g/mol. The molecule has 0 radical (unpaired) electrons. The first kappa shape index (κ1) is 22.2. The highest BCUT2D eigenvalue weighted by atomic mass is 16.7. The Balaban J connectivity index is 1.34. The molecule has 1 fully saturated rings. The molecular formula is C25H28N4O5. The van der Waals surface area contributed by atoms with Gasteiger partial charge in [-0.1, -0.05) is 30.3 Å². The van der Waals surface area contributed by atoms with Crippen LogP contribution in [0.3, 0.4) is 0 Å². The second kappa shape index (κ2) is 10.1. The lowest BCUT2D eigenvalue weighted by Gasteiger charge is -2.30. The van der Waals surface area contributed by atoms with Gasteiger partial charge in [-0.25, -0.2) is 4.79 Å². The highest BCUT2D eigenvalue weighted by molar-refractivity contribution is 5.83. The zero-order valence-corrected chi connectivity index (χ0v) is 18.9. The van der Waals surface area contributed by atoms with Crippen LogP contribution in [0.15, 0.2) is 53.3 Å². The number of amides is 2. The van der Waals surface area contributed by atoms with Crippen LogP contribution in [-0.2, 0) is 17.8 Å². The molecule has 5 rings (SSSR count). The van der Waals surface area contributed by atoms with E-state index in [1.807, 2.05) is 42.5 Å². The van der Waals surface area contributed by atoms with Crippen molar-refractivity contribution in [3.8, 4) is 11.5 Å². The molecule has 178 valence electrons. The van der Waals surface area contributed by atoms with Gasteiger partial charge in [0.05, 0.1) is 25.3 Å². The highest BCUT2D eigenvalue weighted by Crippen LogP contribution is 2.35. The first-order chi connectivity index (χ1) is 16.7. The van der Waals surface area contributed by atoms with Gasteiger partial charge in [0.2, 0.25) is 6.79 Å². The summed E-state index contributed by atoms with van der Waals surface area (Å²) in [7, 11) is 0. The number of fused-ring (bicyclic) bond motifs is 2. The van der Waals surface area contributed by atoms with E-state index in [0.29, 0.717) is 55.4 Å². The Morgan fingerprint density at radius 1 is 1.06 bits per heavy atom. The largest absolute Gasteiger partial charge is 0.454 e. The lowest BCUT2D eigenvalue weighted by molar-refractivity contribution is 0.0346. The maximum Gasteiger partial charge on any atom is 0.318 e. The fraction of sp³-hybridized carbons (Fsp3) is 0.360. The Bertz CT molecular complexity index is 1210. The van der Waals surface area contributed by atoms with Crippen molar-refractivity contribution in [3.05, 3.63) is 70.0 Å². The van der Waals surface area contributed by atoms with Crippen molar-refractivity contribution in [2.75, 3.05) is 46.2 Å². The zero-order chi connectivity index (χ0) is 23.3. The number of aromatic amines is 1. The van der Waals surface area contributed by atoms with Gasteiger partial charge in [0.15, 0.2) is 11.5 Å². The van der Waals surface area contributed by atoms with E-state index < -0.39 is 0 Å². The van der Waals surface area contributed by atoms with E-state index in [-0.39, 0.29) is 24.9 Å². The van der Waals surface area contributed by atoms with Crippen molar-refractivity contribution < 1.29 is 19.0 Å². The van der Waals surface area contributed by atoms with Crippen LogP contribution in [0.25, 0.3) is 10.9 Å². The number of urea groups is 1. The number of hydrogen-bond acceptors (Lipinski definition) is 6. The molecule has 1 aromatic heterocycles. The van der Waals surface area contributed by atoms with Gasteiger partial charge in [0.1, 0.15) is 0 Å². The number of hydrogen-bond donors (Lipinski definition) is 2. The fourth-order valence-corrected chi connectivity index (χ4v) is 4.19. The molecule has 2 aliphatic rings. The van der Waals surface area contributed by atoms with Gasteiger partial charge in [-0.3, -0.25) is 9.69 Å². The summed E-state index contributed by atoms with van der Waals surface area (Å²) < 4.78 is 16.3. The molecule has 0 spiro atoms. The zero-order valence-electron chi connectivity index (χ0n) is 18.9. The standard InChI is InChI=1S/C25H28N4O5/c30-24-20(12-19-13-22-23(34-17-33-22)14-21(19)27-24)16-29(7-6-28-8-10-32-11-9-28)25(31)26-15-18-4-2-1-3-5-18/h1-5,12-14H,6-11,15-17H2,(H,26,31)(H,27,30). The Kier molecular flexibility index (Phi) is 6.64. The SMILES string of the molecule is O=C(NCc1ccccc1)N(CCN1CCOCC1)Cc1cc2cc3c(cc2[nH]c1=O)OCO3. The second-order valence-corrected chi connectivity index (χ2v) is 8.44. The number of rotatable bonds is 7. The molecule has 9 nitrogen and oxygen atoms in total. The van der Waals surface area contributed by atoms with Gasteiger partial charge >= 0.3 is 6.03 Å². The molecule has 0 atom stereocenters. The molecule has 3 aromatic rings. The minimum absolute atomic E-state index is 0.166. The number of nitrogens with zero attached hydrogens (tertiary/aromatic N) is 2. The third kappa shape index (κ3) is 5.16. The average Bonchev–Trinajstić information content (AvgIpc) is 3.32. The molecule has 0 aliphatic carbocycles. The van der Waals surface area contributed by atoms with E-state index in [1.54, 1.807) is 11.0 Å². The second-order valence-electron chi connectivity index (χ2n) is 8.44. The van der Waals surface area contributed by atoms with Gasteiger partial charge < -0.3 is 29.4 Å². The Labute approximate surface area is 197 Å². The van der Waals surface area contributed by atoms with Crippen molar-refractivity contribution in [1.82, 2.24) is 20.1 Å². The summed E-state index contributed by atoms with van der Waals surface area (Å²) in [6, 6.07) is 15.0. The minimum atomic E-state index is -0.224. The van der Waals surface area contributed by atoms with Crippen molar-refractivity contribution in [2.45, 2.75) is 13.1 Å². The molecule has 9 heteroatoms. The van der Waals surface area contributed by atoms with Gasteiger partial charge in [0, 0.05) is 49.7 Å². The summed E-state index contributed by atoms with van der Waals surface area (Å²) in [6.45, 7) is 5.06. The van der Waals surface area contributed by atoms with Crippen LogP contribution in [0.5, 0.6) is 11.5 Å². The molecule has 0 bridgehead atoms. The number of benzene rings is 2. The number of nitrogens with one attached hydrogen (secondary N) is 2. The molecule has 0 saturated carbocycles. The topological polar surface area (TPSA) is 96.1 Å². The smallest absolute Gasteiger partial charge is 0.318 e. The van der Waals surface area contributed by atoms with Crippen molar-refractivity contribution in [3.63, 3.8) is 0 Å². The quantitative estimate of drug-likeness (QED) is 0.557. The molecular weight excluding hydrogens is 436 g/mol. The van der Waals surface area contributed by atoms with Crippen LogP contribution >= 0.6 is 0 Å². The number of carbonyl (C=O) groups is 1. The first-order valence-electron chi connectivity index (χ1n) is 11.5. The van der Waals surface area contributed by atoms with Crippen LogP contribution in [0, 0.1) is 0 Å². The number of ether oxygens (including phenoxy) is 3. The van der Waals surface area contributed by atoms with Crippen LogP contribution in [-0.4, -0.2) is 67.0 Å². The normalized spacial score (nSPS) is 15.4. The first-order valence-corrected chi connectivity index (χ1v) is 11.5. The third-order valence-electron chi connectivity index (χ3n) is 6.14. The number of H-pyrrole nitrogens is 1. The van der Waals surface area contributed by atoms with Gasteiger partial charge in [-0.05, 0) is 17.7 Å². The van der Waals surface area contributed by atoms with E-state index in [4.69, 9.17) is 14.2 Å². The summed E-state index contributed by atoms with van der Waals surface area (Å²) in [5.41, 5.74) is 1.98. The Morgan fingerprint density at radius 2 is 1.82 bits per heavy atom. The number of carbonyl (C=O) groups excluding carboxylic acids is 1. The van der Waals surface area contributed by atoms with Gasteiger partial charge in [-0.15, -0.1) is 0 Å². The molecule has 34 heavy (non-hydrogen) atoms. The predicted molar refractivity (Wildman–Crippen MR) is 127 cm³/mol. The van der Waals surface area contributed by atoms with Crippen LogP contribution in [0.4, 0.5) is 4.79 Å². The van der Waals surface area contributed by atoms with Crippen molar-refractivity contribution in [1.29, 1.82) is 0 Å². The molecule has 1 saturated heterocycles. The maximum absolute atomic E-state index is 13.1. The predicted octanol–water partition coefficient (Wildman–Crippen LogP) is 2.30.